The Morgan fingerprint density at radius 3 is 1.93 bits per heavy atom. The van der Waals surface area contributed by atoms with E-state index in [4.69, 9.17) is 0 Å². The molecule has 0 spiro atoms. The molecule has 1 heteroatoms. The SMILES string of the molecule is CCC1=C(CC)C[C]([Ti]([C]2=CC=CC2)=[C](c2ccccc2)c2ccccc2)=C1. The van der Waals surface area contributed by atoms with Gasteiger partial charge in [0.05, 0.1) is 0 Å². The van der Waals surface area contributed by atoms with Crippen LogP contribution >= 0.6 is 0 Å². The summed E-state index contributed by atoms with van der Waals surface area (Å²) in [7, 11) is 0. The fourth-order valence-corrected chi connectivity index (χ4v) is 9.49. The van der Waals surface area contributed by atoms with Crippen LogP contribution < -0.4 is 0 Å². The number of benzene rings is 2. The number of rotatable bonds is 6. The van der Waals surface area contributed by atoms with E-state index in [2.05, 4.69) is 98.8 Å². The third kappa shape index (κ3) is 3.90. The van der Waals surface area contributed by atoms with Gasteiger partial charge in [0.1, 0.15) is 0 Å². The molecule has 140 valence electrons. The monoisotopic (exact) mass is 400 g/mol. The predicted molar refractivity (Wildman–Crippen MR) is 118 cm³/mol. The van der Waals surface area contributed by atoms with Gasteiger partial charge in [-0.3, -0.25) is 0 Å². The fraction of sp³-hybridized carbons (Fsp3) is 0.222. The molecular weight excluding hydrogens is 372 g/mol. The van der Waals surface area contributed by atoms with E-state index in [9.17, 15) is 0 Å². The van der Waals surface area contributed by atoms with E-state index in [1.54, 1.807) is 22.7 Å². The topological polar surface area (TPSA) is 0 Å². The summed E-state index contributed by atoms with van der Waals surface area (Å²) < 4.78 is 5.02. The average Bonchev–Trinajstić information content (AvgIpc) is 3.43. The Morgan fingerprint density at radius 1 is 0.821 bits per heavy atom. The van der Waals surface area contributed by atoms with Crippen molar-refractivity contribution in [1.29, 1.82) is 0 Å². The Kier molecular flexibility index (Phi) is 6.20. The first kappa shape index (κ1) is 19.3. The van der Waals surface area contributed by atoms with E-state index in [-0.39, 0.29) is 0 Å². The zero-order valence-corrected chi connectivity index (χ0v) is 18.5. The quantitative estimate of drug-likeness (QED) is 0.453. The van der Waals surface area contributed by atoms with E-state index in [0.717, 1.165) is 12.8 Å². The first-order valence-electron chi connectivity index (χ1n) is 10.4. The zero-order valence-electron chi connectivity index (χ0n) is 16.9. The van der Waals surface area contributed by atoms with Gasteiger partial charge in [-0.15, -0.1) is 0 Å². The van der Waals surface area contributed by atoms with Crippen molar-refractivity contribution in [3.05, 3.63) is 115 Å². The van der Waals surface area contributed by atoms with Gasteiger partial charge in [-0.2, -0.15) is 0 Å². The van der Waals surface area contributed by atoms with Gasteiger partial charge in [-0.25, -0.2) is 0 Å². The van der Waals surface area contributed by atoms with Crippen LogP contribution in [0.1, 0.15) is 50.7 Å². The Labute approximate surface area is 175 Å². The molecule has 0 fully saturated rings. The third-order valence-electron chi connectivity index (χ3n) is 5.80. The third-order valence-corrected chi connectivity index (χ3v) is 10.6. The van der Waals surface area contributed by atoms with Gasteiger partial charge in [0.2, 0.25) is 0 Å². The number of hydrogen-bond donors (Lipinski definition) is 0. The van der Waals surface area contributed by atoms with Crippen LogP contribution in [0.3, 0.4) is 0 Å². The van der Waals surface area contributed by atoms with Crippen molar-refractivity contribution in [2.45, 2.75) is 39.5 Å². The van der Waals surface area contributed by atoms with Crippen molar-refractivity contribution in [3.8, 4) is 0 Å². The molecule has 0 heterocycles. The van der Waals surface area contributed by atoms with E-state index in [0.29, 0.717) is 0 Å². The van der Waals surface area contributed by atoms with Crippen molar-refractivity contribution in [2.24, 2.45) is 0 Å². The van der Waals surface area contributed by atoms with Crippen molar-refractivity contribution in [2.75, 3.05) is 0 Å². The Balaban J connectivity index is 1.95. The zero-order chi connectivity index (χ0) is 19.3. The van der Waals surface area contributed by atoms with E-state index in [1.165, 1.54) is 24.0 Å². The summed E-state index contributed by atoms with van der Waals surface area (Å²) in [5.74, 6) is 0. The van der Waals surface area contributed by atoms with Crippen molar-refractivity contribution in [1.82, 2.24) is 0 Å². The number of allylic oxidation sites excluding steroid dienone is 8. The molecule has 0 saturated carbocycles. The minimum atomic E-state index is -1.84. The van der Waals surface area contributed by atoms with E-state index >= 15 is 0 Å². The van der Waals surface area contributed by atoms with Crippen LogP contribution in [-0.2, 0) is 17.4 Å². The van der Waals surface area contributed by atoms with Crippen LogP contribution in [0.25, 0.3) is 0 Å². The molecule has 28 heavy (non-hydrogen) atoms. The second-order valence-electron chi connectivity index (χ2n) is 7.49. The molecule has 0 nitrogen and oxygen atoms in total. The Morgan fingerprint density at radius 2 is 1.46 bits per heavy atom. The summed E-state index contributed by atoms with van der Waals surface area (Å²) in [4.78, 5) is 0. The van der Waals surface area contributed by atoms with Crippen LogP contribution in [0.2, 0.25) is 0 Å². The molecule has 0 bridgehead atoms. The van der Waals surface area contributed by atoms with Crippen molar-refractivity contribution >= 4 is 3.81 Å². The number of hydrogen-bond acceptors (Lipinski definition) is 0. The van der Waals surface area contributed by atoms with Crippen LogP contribution in [0.5, 0.6) is 0 Å². The van der Waals surface area contributed by atoms with E-state index in [1.807, 2.05) is 0 Å². The van der Waals surface area contributed by atoms with Crippen LogP contribution in [0.15, 0.2) is 104 Å². The normalized spacial score (nSPS) is 15.6. The summed E-state index contributed by atoms with van der Waals surface area (Å²) in [5, 5.41) is 0. The second kappa shape index (κ2) is 8.99. The molecule has 4 rings (SSSR count). The fourth-order valence-electron chi connectivity index (χ4n) is 4.40. The minimum absolute atomic E-state index is 1.12. The molecular formula is C27H28Ti. The van der Waals surface area contributed by atoms with Gasteiger partial charge in [0.15, 0.2) is 0 Å². The predicted octanol–water partition coefficient (Wildman–Crippen LogP) is 7.12. The molecule has 0 N–H and O–H groups in total. The molecule has 0 aromatic heterocycles. The molecule has 0 unspecified atom stereocenters. The van der Waals surface area contributed by atoms with Crippen LogP contribution in [0, 0.1) is 0 Å². The van der Waals surface area contributed by atoms with Crippen molar-refractivity contribution < 1.29 is 17.4 Å². The summed E-state index contributed by atoms with van der Waals surface area (Å²) in [6, 6.07) is 22.2. The maximum atomic E-state index is 2.58. The molecule has 2 aliphatic rings. The molecule has 0 radical (unpaired) electrons. The molecule has 0 atom stereocenters. The van der Waals surface area contributed by atoms with Crippen LogP contribution in [0.4, 0.5) is 0 Å². The van der Waals surface area contributed by atoms with Gasteiger partial charge < -0.3 is 0 Å². The van der Waals surface area contributed by atoms with Crippen LogP contribution in [-0.4, -0.2) is 3.81 Å². The summed E-state index contributed by atoms with van der Waals surface area (Å²) >= 11 is -1.84. The Bertz CT molecular complexity index is 957. The standard InChI is InChI=1S/C13H10.C9H13.C5H5.Ti/c1-3-7-12(8-4-1)11-13-9-5-2-6-10-13;1-3-8-6-5-7-9(8)4-2;1-2-4-5-3-1;/h1-10H;6H,3-4,7H2,1-2H3;1-3H,4H2;. The van der Waals surface area contributed by atoms with Gasteiger partial charge in [-0.05, 0) is 0 Å². The van der Waals surface area contributed by atoms with Gasteiger partial charge >= 0.3 is 176 Å². The van der Waals surface area contributed by atoms with Crippen molar-refractivity contribution in [3.63, 3.8) is 0 Å². The van der Waals surface area contributed by atoms with Gasteiger partial charge in [0, 0.05) is 0 Å². The summed E-state index contributed by atoms with van der Waals surface area (Å²) in [5.41, 5.74) is 6.06. The molecule has 0 amide bonds. The average molecular weight is 400 g/mol. The molecule has 2 aliphatic carbocycles. The first-order valence-corrected chi connectivity index (χ1v) is 12.8. The molecule has 2 aromatic carbocycles. The Hall–Kier alpha value is -2.02. The van der Waals surface area contributed by atoms with Gasteiger partial charge in [0.25, 0.3) is 0 Å². The molecule has 0 aliphatic heterocycles. The molecule has 0 saturated heterocycles. The maximum absolute atomic E-state index is 2.58. The molecule has 2 aromatic rings. The second-order valence-corrected chi connectivity index (χ2v) is 11.4. The van der Waals surface area contributed by atoms with E-state index < -0.39 is 17.4 Å². The summed E-state index contributed by atoms with van der Waals surface area (Å²) in [6.07, 6.45) is 14.2. The summed E-state index contributed by atoms with van der Waals surface area (Å²) in [6.45, 7) is 4.62. The first-order chi connectivity index (χ1) is 13.8. The van der Waals surface area contributed by atoms with Gasteiger partial charge in [-0.1, -0.05) is 0 Å².